The third-order valence-corrected chi connectivity index (χ3v) is 9.10. The van der Waals surface area contributed by atoms with Crippen molar-refractivity contribution >= 4 is 11.4 Å². The molecule has 6 aromatic carbocycles. The van der Waals surface area contributed by atoms with Crippen molar-refractivity contribution in [2.24, 2.45) is 0 Å². The molecule has 2 heteroatoms. The largest absolute Gasteiger partial charge is 0.392 e. The van der Waals surface area contributed by atoms with Crippen LogP contribution < -0.4 is 4.90 Å². The Balaban J connectivity index is 1.34. The molecular formula is C39H29NO. The van der Waals surface area contributed by atoms with Crippen molar-refractivity contribution in [2.45, 2.75) is 12.0 Å². The van der Waals surface area contributed by atoms with Gasteiger partial charge in [0.05, 0.1) is 12.0 Å². The van der Waals surface area contributed by atoms with Gasteiger partial charge in [-0.05, 0) is 85.5 Å². The molecule has 0 aliphatic heterocycles. The van der Waals surface area contributed by atoms with Gasteiger partial charge in [0.25, 0.3) is 0 Å². The standard InChI is InChI=1S/C39H29NO/c1-40(28-20-19-27(25-41)34(23-28)26-11-3-2-4-12-26)29-21-22-33-32-15-7-10-18-37(32)39(38(33)24-29)35-16-8-5-13-30(35)31-14-6-9-17-36(31)39/h2-24,41H,25H2,1H3. The van der Waals surface area contributed by atoms with Crippen LogP contribution in [-0.4, -0.2) is 12.2 Å². The molecule has 41 heavy (non-hydrogen) atoms. The van der Waals surface area contributed by atoms with Crippen molar-refractivity contribution in [3.63, 3.8) is 0 Å². The summed E-state index contributed by atoms with van der Waals surface area (Å²) >= 11 is 0. The summed E-state index contributed by atoms with van der Waals surface area (Å²) in [6.45, 7) is 0.00661. The van der Waals surface area contributed by atoms with Gasteiger partial charge in [-0.3, -0.25) is 0 Å². The molecule has 0 bridgehead atoms. The average molecular weight is 528 g/mol. The Morgan fingerprint density at radius 1 is 0.488 bits per heavy atom. The number of aliphatic hydroxyl groups is 1. The van der Waals surface area contributed by atoms with Crippen molar-refractivity contribution < 1.29 is 5.11 Å². The third-order valence-electron chi connectivity index (χ3n) is 9.10. The second kappa shape index (κ2) is 9.05. The van der Waals surface area contributed by atoms with E-state index < -0.39 is 0 Å². The first-order valence-electron chi connectivity index (χ1n) is 14.2. The van der Waals surface area contributed by atoms with E-state index in [4.69, 9.17) is 0 Å². The lowest BCUT2D eigenvalue weighted by molar-refractivity contribution is 0.282. The summed E-state index contributed by atoms with van der Waals surface area (Å²) in [6.07, 6.45) is 0. The van der Waals surface area contributed by atoms with E-state index in [0.29, 0.717) is 0 Å². The zero-order chi connectivity index (χ0) is 27.6. The number of benzene rings is 6. The van der Waals surface area contributed by atoms with E-state index in [0.717, 1.165) is 28.1 Å². The van der Waals surface area contributed by atoms with Crippen LogP contribution in [0.1, 0.15) is 27.8 Å². The first-order valence-corrected chi connectivity index (χ1v) is 14.2. The van der Waals surface area contributed by atoms with Gasteiger partial charge in [0.2, 0.25) is 0 Å². The fourth-order valence-corrected chi connectivity index (χ4v) is 7.24. The lowest BCUT2D eigenvalue weighted by Gasteiger charge is -2.31. The number of rotatable bonds is 4. The van der Waals surface area contributed by atoms with E-state index in [1.807, 2.05) is 24.3 Å². The second-order valence-corrected chi connectivity index (χ2v) is 11.0. The lowest BCUT2D eigenvalue weighted by atomic mass is 9.70. The normalized spacial score (nSPS) is 13.4. The smallest absolute Gasteiger partial charge is 0.0726 e. The summed E-state index contributed by atoms with van der Waals surface area (Å²) in [6, 6.07) is 50.4. The van der Waals surface area contributed by atoms with Crippen LogP contribution in [0.2, 0.25) is 0 Å². The van der Waals surface area contributed by atoms with Gasteiger partial charge < -0.3 is 10.0 Å². The Bertz CT molecular complexity index is 1890. The molecule has 1 spiro atoms. The summed E-state index contributed by atoms with van der Waals surface area (Å²) < 4.78 is 0. The molecule has 0 heterocycles. The molecule has 6 aromatic rings. The van der Waals surface area contributed by atoms with Gasteiger partial charge in [-0.15, -0.1) is 0 Å². The van der Waals surface area contributed by atoms with Crippen LogP contribution >= 0.6 is 0 Å². The minimum absolute atomic E-state index is 0.00661. The average Bonchev–Trinajstić information content (AvgIpc) is 3.51. The highest BCUT2D eigenvalue weighted by molar-refractivity contribution is 5.95. The van der Waals surface area contributed by atoms with E-state index in [1.54, 1.807) is 0 Å². The molecule has 2 nitrogen and oxygen atoms in total. The molecule has 0 saturated carbocycles. The van der Waals surface area contributed by atoms with Gasteiger partial charge in [-0.25, -0.2) is 0 Å². The van der Waals surface area contributed by atoms with Crippen molar-refractivity contribution in [1.29, 1.82) is 0 Å². The number of fused-ring (bicyclic) bond motifs is 10. The lowest BCUT2D eigenvalue weighted by Crippen LogP contribution is -2.26. The molecule has 0 unspecified atom stereocenters. The van der Waals surface area contributed by atoms with Crippen LogP contribution in [0.25, 0.3) is 33.4 Å². The fourth-order valence-electron chi connectivity index (χ4n) is 7.24. The van der Waals surface area contributed by atoms with Crippen molar-refractivity contribution in [3.8, 4) is 33.4 Å². The van der Waals surface area contributed by atoms with Crippen molar-refractivity contribution in [2.75, 3.05) is 11.9 Å². The number of hydrogen-bond donors (Lipinski definition) is 1. The first kappa shape index (κ1) is 23.9. The highest BCUT2D eigenvalue weighted by Crippen LogP contribution is 2.63. The monoisotopic (exact) mass is 527 g/mol. The second-order valence-electron chi connectivity index (χ2n) is 11.0. The van der Waals surface area contributed by atoms with Crippen LogP contribution in [0.4, 0.5) is 11.4 Å². The molecule has 2 aliphatic carbocycles. The summed E-state index contributed by atoms with van der Waals surface area (Å²) in [5, 5.41) is 10.1. The number of anilines is 2. The molecule has 0 amide bonds. The molecule has 0 saturated heterocycles. The van der Waals surface area contributed by atoms with E-state index in [9.17, 15) is 5.11 Å². The first-order chi connectivity index (χ1) is 20.2. The Morgan fingerprint density at radius 3 is 1.56 bits per heavy atom. The highest BCUT2D eigenvalue weighted by Gasteiger charge is 2.51. The van der Waals surface area contributed by atoms with Crippen LogP contribution in [0.15, 0.2) is 140 Å². The van der Waals surface area contributed by atoms with E-state index >= 15 is 0 Å². The summed E-state index contributed by atoms with van der Waals surface area (Å²) in [4.78, 5) is 2.26. The summed E-state index contributed by atoms with van der Waals surface area (Å²) in [5.41, 5.74) is 15.6. The topological polar surface area (TPSA) is 23.5 Å². The van der Waals surface area contributed by atoms with Gasteiger partial charge >= 0.3 is 0 Å². The van der Waals surface area contributed by atoms with E-state index in [1.165, 1.54) is 44.5 Å². The maximum atomic E-state index is 10.1. The van der Waals surface area contributed by atoms with E-state index in [2.05, 4.69) is 127 Å². The molecule has 196 valence electrons. The quantitative estimate of drug-likeness (QED) is 0.247. The maximum Gasteiger partial charge on any atom is 0.0726 e. The van der Waals surface area contributed by atoms with Gasteiger partial charge in [0.1, 0.15) is 0 Å². The third kappa shape index (κ3) is 3.29. The molecule has 0 atom stereocenters. The van der Waals surface area contributed by atoms with E-state index in [-0.39, 0.29) is 12.0 Å². The molecule has 2 aliphatic rings. The molecule has 1 N–H and O–H groups in total. The Kier molecular flexibility index (Phi) is 5.28. The zero-order valence-electron chi connectivity index (χ0n) is 22.9. The molecule has 0 radical (unpaired) electrons. The van der Waals surface area contributed by atoms with Gasteiger partial charge in [0, 0.05) is 18.4 Å². The number of aliphatic hydroxyl groups excluding tert-OH is 1. The van der Waals surface area contributed by atoms with Crippen molar-refractivity contribution in [3.05, 3.63) is 167 Å². The van der Waals surface area contributed by atoms with Gasteiger partial charge in [-0.2, -0.15) is 0 Å². The Morgan fingerprint density at radius 2 is 0.976 bits per heavy atom. The predicted molar refractivity (Wildman–Crippen MR) is 169 cm³/mol. The number of nitrogens with zero attached hydrogens (tertiary/aromatic N) is 1. The van der Waals surface area contributed by atoms with Crippen molar-refractivity contribution in [1.82, 2.24) is 0 Å². The minimum Gasteiger partial charge on any atom is -0.392 e. The maximum absolute atomic E-state index is 10.1. The Labute approximate surface area is 240 Å². The van der Waals surface area contributed by atoms with Gasteiger partial charge in [-0.1, -0.05) is 115 Å². The van der Waals surface area contributed by atoms with Crippen LogP contribution in [0.3, 0.4) is 0 Å². The molecule has 0 aromatic heterocycles. The molecular weight excluding hydrogens is 498 g/mol. The summed E-state index contributed by atoms with van der Waals surface area (Å²) in [5.74, 6) is 0. The predicted octanol–water partition coefficient (Wildman–Crippen LogP) is 8.96. The van der Waals surface area contributed by atoms with Crippen LogP contribution in [-0.2, 0) is 12.0 Å². The highest BCUT2D eigenvalue weighted by atomic mass is 16.3. The van der Waals surface area contributed by atoms with Gasteiger partial charge in [0.15, 0.2) is 0 Å². The molecule has 8 rings (SSSR count). The Hall–Kier alpha value is -4.92. The minimum atomic E-state index is -0.355. The molecule has 0 fully saturated rings. The number of hydrogen-bond acceptors (Lipinski definition) is 2. The zero-order valence-corrected chi connectivity index (χ0v) is 22.9. The van der Waals surface area contributed by atoms with Crippen LogP contribution in [0, 0.1) is 0 Å². The SMILES string of the molecule is CN(c1ccc(CO)c(-c2ccccc2)c1)c1ccc2c(c1)C1(c3ccccc3-c3ccccc31)c1ccccc1-2. The van der Waals surface area contributed by atoms with Crippen LogP contribution in [0.5, 0.6) is 0 Å². The summed E-state index contributed by atoms with van der Waals surface area (Å²) in [7, 11) is 2.13. The fraction of sp³-hybridized carbons (Fsp3) is 0.0769.